The predicted molar refractivity (Wildman–Crippen MR) is 90.4 cm³/mol. The molecule has 3 atom stereocenters. The molecule has 0 radical (unpaired) electrons. The molecular formula is C17H32O5S. The van der Waals surface area contributed by atoms with Crippen LogP contribution in [0.3, 0.4) is 0 Å². The molecule has 1 saturated carbocycles. The fourth-order valence-electron chi connectivity index (χ4n) is 3.14. The molecule has 0 spiro atoms. The van der Waals surface area contributed by atoms with Crippen molar-refractivity contribution in [3.8, 4) is 0 Å². The largest absolute Gasteiger partial charge is 0.465 e. The smallest absolute Gasteiger partial charge is 0.309 e. The normalized spacial score (nSPS) is 24.0. The van der Waals surface area contributed by atoms with Gasteiger partial charge in [-0.15, -0.1) is 0 Å². The zero-order valence-electron chi connectivity index (χ0n) is 15.3. The Morgan fingerprint density at radius 3 is 2.30 bits per heavy atom. The van der Waals surface area contributed by atoms with Crippen LogP contribution in [0.2, 0.25) is 0 Å². The summed E-state index contributed by atoms with van der Waals surface area (Å²) >= 11 is 0. The molecule has 0 heterocycles. The average Bonchev–Trinajstić information content (AvgIpc) is 2.90. The molecule has 5 nitrogen and oxygen atoms in total. The predicted octanol–water partition coefficient (Wildman–Crippen LogP) is 3.38. The van der Waals surface area contributed by atoms with E-state index in [1.165, 1.54) is 7.11 Å². The summed E-state index contributed by atoms with van der Waals surface area (Å²) in [7, 11) is -2.27. The van der Waals surface area contributed by atoms with E-state index < -0.39 is 15.4 Å². The quantitative estimate of drug-likeness (QED) is 0.521. The summed E-state index contributed by atoms with van der Waals surface area (Å²) in [5, 5.41) is -0.466. The molecule has 0 aromatic heterocycles. The zero-order valence-corrected chi connectivity index (χ0v) is 16.1. The fraction of sp³-hybridized carbons (Fsp3) is 0.941. The van der Waals surface area contributed by atoms with Gasteiger partial charge in [-0.2, -0.15) is 8.42 Å². The topological polar surface area (TPSA) is 69.7 Å². The van der Waals surface area contributed by atoms with Crippen LogP contribution in [0.1, 0.15) is 60.3 Å². The molecule has 0 saturated heterocycles. The molecule has 23 heavy (non-hydrogen) atoms. The lowest BCUT2D eigenvalue weighted by Gasteiger charge is -2.27. The summed E-state index contributed by atoms with van der Waals surface area (Å²) in [5.41, 5.74) is 0.0684. The van der Waals surface area contributed by atoms with Crippen LogP contribution in [-0.4, -0.2) is 33.4 Å². The van der Waals surface area contributed by atoms with Gasteiger partial charge in [0.15, 0.2) is 0 Å². The molecule has 3 unspecified atom stereocenters. The monoisotopic (exact) mass is 348 g/mol. The highest BCUT2D eigenvalue weighted by atomic mass is 32.2. The van der Waals surface area contributed by atoms with Gasteiger partial charge in [0.1, 0.15) is 0 Å². The summed E-state index contributed by atoms with van der Waals surface area (Å²) in [6.45, 7) is 10.7. The van der Waals surface area contributed by atoms with E-state index in [-0.39, 0.29) is 29.1 Å². The molecule has 136 valence electrons. The summed E-state index contributed by atoms with van der Waals surface area (Å²) < 4.78 is 33.5. The van der Waals surface area contributed by atoms with E-state index in [2.05, 4.69) is 25.0 Å². The minimum atomic E-state index is -3.46. The van der Waals surface area contributed by atoms with Crippen molar-refractivity contribution < 1.29 is 22.1 Å². The van der Waals surface area contributed by atoms with E-state index in [1.807, 2.05) is 13.8 Å². The Morgan fingerprint density at radius 2 is 1.83 bits per heavy atom. The molecule has 0 N–H and O–H groups in total. The minimum absolute atomic E-state index is 0.0684. The van der Waals surface area contributed by atoms with Crippen molar-refractivity contribution in [2.45, 2.75) is 65.6 Å². The van der Waals surface area contributed by atoms with Crippen LogP contribution in [0, 0.1) is 23.2 Å². The number of esters is 1. The highest BCUT2D eigenvalue weighted by Crippen LogP contribution is 2.33. The minimum Gasteiger partial charge on any atom is -0.465 e. The SMILES string of the molecule is COS(=O)(=O)C1CCC(COC(=O)C(CC(C)(C)C)C(C)C)C1. The molecule has 0 aliphatic heterocycles. The zero-order chi connectivity index (χ0) is 17.8. The van der Waals surface area contributed by atoms with Crippen LogP contribution in [0.4, 0.5) is 0 Å². The van der Waals surface area contributed by atoms with Gasteiger partial charge in [-0.25, -0.2) is 0 Å². The van der Waals surface area contributed by atoms with Crippen molar-refractivity contribution in [2.24, 2.45) is 23.2 Å². The number of hydrogen-bond acceptors (Lipinski definition) is 5. The van der Waals surface area contributed by atoms with Crippen molar-refractivity contribution in [2.75, 3.05) is 13.7 Å². The van der Waals surface area contributed by atoms with Gasteiger partial charge >= 0.3 is 5.97 Å². The fourth-order valence-corrected chi connectivity index (χ4v) is 4.34. The maximum Gasteiger partial charge on any atom is 0.309 e. The molecule has 0 amide bonds. The third kappa shape index (κ3) is 6.42. The summed E-state index contributed by atoms with van der Waals surface area (Å²) in [5.74, 6) is 0.0612. The van der Waals surface area contributed by atoms with E-state index >= 15 is 0 Å². The third-order valence-corrected chi connectivity index (χ3v) is 6.24. The summed E-state index contributed by atoms with van der Waals surface area (Å²) in [6, 6.07) is 0. The Morgan fingerprint density at radius 1 is 1.22 bits per heavy atom. The van der Waals surface area contributed by atoms with Crippen LogP contribution in [0.15, 0.2) is 0 Å². The van der Waals surface area contributed by atoms with Crippen molar-refractivity contribution >= 4 is 16.1 Å². The summed E-state index contributed by atoms with van der Waals surface area (Å²) in [6.07, 6.45) is 2.63. The van der Waals surface area contributed by atoms with Gasteiger partial charge in [-0.05, 0) is 42.9 Å². The Hall–Kier alpha value is -0.620. The van der Waals surface area contributed by atoms with E-state index in [9.17, 15) is 13.2 Å². The third-order valence-electron chi connectivity index (χ3n) is 4.53. The first-order chi connectivity index (χ1) is 10.5. The maximum absolute atomic E-state index is 12.4. The Bertz CT molecular complexity index is 490. The number of carbonyl (C=O) groups excluding carboxylic acids is 1. The molecule has 0 aromatic carbocycles. The lowest BCUT2D eigenvalue weighted by atomic mass is 9.80. The van der Waals surface area contributed by atoms with Crippen LogP contribution in [-0.2, 0) is 23.8 Å². The Kier molecular flexibility index (Phi) is 7.08. The van der Waals surface area contributed by atoms with Crippen molar-refractivity contribution in [1.29, 1.82) is 0 Å². The van der Waals surface area contributed by atoms with Crippen LogP contribution >= 0.6 is 0 Å². The number of ether oxygens (including phenoxy) is 1. The van der Waals surface area contributed by atoms with Crippen molar-refractivity contribution in [3.05, 3.63) is 0 Å². The lowest BCUT2D eigenvalue weighted by molar-refractivity contribution is -0.152. The van der Waals surface area contributed by atoms with E-state index in [0.717, 1.165) is 12.8 Å². The van der Waals surface area contributed by atoms with E-state index in [0.29, 0.717) is 19.4 Å². The molecule has 1 aliphatic carbocycles. The summed E-state index contributed by atoms with van der Waals surface area (Å²) in [4.78, 5) is 12.4. The molecular weight excluding hydrogens is 316 g/mol. The van der Waals surface area contributed by atoms with Gasteiger partial charge < -0.3 is 4.74 Å². The second-order valence-electron chi connectivity index (χ2n) is 8.21. The number of hydrogen-bond donors (Lipinski definition) is 0. The van der Waals surface area contributed by atoms with Gasteiger partial charge in [0.05, 0.1) is 24.9 Å². The standard InChI is InChI=1S/C17H32O5S/c1-12(2)15(10-17(3,4)5)16(18)22-11-13-7-8-14(9-13)23(19,20)21-6/h12-15H,7-11H2,1-6H3. The first-order valence-corrected chi connectivity index (χ1v) is 9.89. The van der Waals surface area contributed by atoms with Gasteiger partial charge in [-0.3, -0.25) is 8.98 Å². The van der Waals surface area contributed by atoms with Gasteiger partial charge in [0.25, 0.3) is 10.1 Å². The van der Waals surface area contributed by atoms with Crippen LogP contribution in [0.25, 0.3) is 0 Å². The van der Waals surface area contributed by atoms with E-state index in [1.54, 1.807) is 0 Å². The first kappa shape index (κ1) is 20.4. The molecule has 1 fully saturated rings. The highest BCUT2D eigenvalue weighted by Gasteiger charge is 2.36. The molecule has 1 rings (SSSR count). The van der Waals surface area contributed by atoms with Crippen molar-refractivity contribution in [3.63, 3.8) is 0 Å². The Balaban J connectivity index is 2.53. The van der Waals surface area contributed by atoms with Gasteiger partial charge in [0.2, 0.25) is 0 Å². The number of carbonyl (C=O) groups is 1. The number of rotatable bonds is 7. The molecule has 1 aliphatic rings. The van der Waals surface area contributed by atoms with Gasteiger partial charge in [-0.1, -0.05) is 34.6 Å². The van der Waals surface area contributed by atoms with Gasteiger partial charge in [0, 0.05) is 0 Å². The molecule has 0 aromatic rings. The lowest BCUT2D eigenvalue weighted by Crippen LogP contribution is -2.28. The second kappa shape index (κ2) is 7.97. The first-order valence-electron chi connectivity index (χ1n) is 8.42. The maximum atomic E-state index is 12.4. The molecule has 6 heteroatoms. The Labute approximate surface area is 141 Å². The highest BCUT2D eigenvalue weighted by molar-refractivity contribution is 7.87. The van der Waals surface area contributed by atoms with E-state index in [4.69, 9.17) is 4.74 Å². The second-order valence-corrected chi connectivity index (χ2v) is 10.2. The van der Waals surface area contributed by atoms with Crippen molar-refractivity contribution in [1.82, 2.24) is 0 Å². The van der Waals surface area contributed by atoms with Crippen LogP contribution in [0.5, 0.6) is 0 Å². The molecule has 0 bridgehead atoms. The van der Waals surface area contributed by atoms with Crippen LogP contribution < -0.4 is 0 Å². The average molecular weight is 349 g/mol.